The molecular weight excluding hydrogens is 587 g/mol. The summed E-state index contributed by atoms with van der Waals surface area (Å²) in [5.74, 6) is -4.34. The van der Waals surface area contributed by atoms with Crippen LogP contribution in [0, 0.1) is 5.82 Å². The number of benzene rings is 1. The van der Waals surface area contributed by atoms with Gasteiger partial charge in [-0.05, 0) is 12.1 Å². The number of methoxy groups -OCH3 is 1. The molecule has 1 aromatic carbocycles. The van der Waals surface area contributed by atoms with Crippen molar-refractivity contribution in [1.29, 1.82) is 0 Å². The van der Waals surface area contributed by atoms with E-state index in [-0.39, 0.29) is 23.7 Å². The summed E-state index contributed by atoms with van der Waals surface area (Å²) in [6, 6.07) is 2.05. The smallest absolute Gasteiger partial charge is 0.338 e. The summed E-state index contributed by atoms with van der Waals surface area (Å²) < 4.78 is 24.1. The molecule has 41 heavy (non-hydrogen) atoms. The van der Waals surface area contributed by atoms with E-state index in [9.17, 15) is 28.7 Å². The predicted molar refractivity (Wildman–Crippen MR) is 143 cm³/mol. The number of aromatic nitrogens is 1. The number of amidine groups is 1. The fourth-order valence-electron chi connectivity index (χ4n) is 3.87. The summed E-state index contributed by atoms with van der Waals surface area (Å²) in [5.41, 5.74) is 0.964. The third kappa shape index (κ3) is 8.40. The molecule has 0 spiro atoms. The molecule has 0 unspecified atom stereocenters. The maximum absolute atomic E-state index is 13.7. The summed E-state index contributed by atoms with van der Waals surface area (Å²) in [5, 5.41) is 30.8. The topological polar surface area (TPSA) is 188 Å². The van der Waals surface area contributed by atoms with Crippen LogP contribution < -0.4 is 5.32 Å². The molecule has 1 aromatic heterocycles. The molecule has 2 atom stereocenters. The Morgan fingerprint density at radius 2 is 1.95 bits per heavy atom. The van der Waals surface area contributed by atoms with E-state index in [0.717, 1.165) is 6.07 Å². The number of aliphatic carboxylic acids is 3. The largest absolute Gasteiger partial charge is 0.480 e. The van der Waals surface area contributed by atoms with Crippen LogP contribution >= 0.6 is 22.9 Å². The standard InChI is InChI=1S/C21H20ClFN4O5S.C4H4O4/c1-31-21(30)16-14(9-27-5-6-32-10-15(27)20(28)29)25-18(19-24-4-7-33-19)26-17(16)12-3-2-11(23)8-13(12)22;5-3(6)1-2-4(7)8/h2-4,7-8,15,17H,5-6,9-10H2,1H3,(H,25,26)(H,28,29);1-2H,(H,5,6)(H,7,8)/b;2-1-/t15-,17-;/m0./s1. The maximum atomic E-state index is 13.7. The van der Waals surface area contributed by atoms with Gasteiger partial charge in [0.1, 0.15) is 17.9 Å². The fraction of sp³-hybridized carbons (Fsp3) is 0.280. The Hall–Kier alpha value is -4.18. The molecule has 0 aliphatic carbocycles. The van der Waals surface area contributed by atoms with Gasteiger partial charge >= 0.3 is 23.9 Å². The van der Waals surface area contributed by atoms with Gasteiger partial charge in [0.05, 0.1) is 25.9 Å². The summed E-state index contributed by atoms with van der Waals surface area (Å²) >= 11 is 7.67. The van der Waals surface area contributed by atoms with Crippen LogP contribution in [0.2, 0.25) is 5.02 Å². The maximum Gasteiger partial charge on any atom is 0.338 e. The van der Waals surface area contributed by atoms with E-state index in [1.165, 1.54) is 30.6 Å². The van der Waals surface area contributed by atoms with E-state index < -0.39 is 41.8 Å². The molecule has 1 saturated heterocycles. The second-order valence-corrected chi connectivity index (χ2v) is 9.60. The molecule has 0 saturated carbocycles. The molecule has 3 heterocycles. The number of carboxylic acid groups (broad SMARTS) is 3. The van der Waals surface area contributed by atoms with Gasteiger partial charge in [0, 0.05) is 53.1 Å². The van der Waals surface area contributed by atoms with E-state index in [1.807, 2.05) is 0 Å². The van der Waals surface area contributed by atoms with E-state index in [4.69, 9.17) is 31.3 Å². The van der Waals surface area contributed by atoms with Gasteiger partial charge in [-0.2, -0.15) is 0 Å². The van der Waals surface area contributed by atoms with Crippen molar-refractivity contribution in [3.8, 4) is 0 Å². The Bertz CT molecular complexity index is 1380. The zero-order chi connectivity index (χ0) is 30.1. The van der Waals surface area contributed by atoms with E-state index in [1.54, 1.807) is 16.5 Å². The molecule has 2 aromatic rings. The van der Waals surface area contributed by atoms with Crippen LogP contribution in [0.25, 0.3) is 0 Å². The van der Waals surface area contributed by atoms with Crippen LogP contribution in [0.5, 0.6) is 0 Å². The number of ether oxygens (including phenoxy) is 2. The summed E-state index contributed by atoms with van der Waals surface area (Å²) in [4.78, 5) is 54.4. The first-order valence-electron chi connectivity index (χ1n) is 11.7. The number of rotatable bonds is 8. The molecule has 0 radical (unpaired) electrons. The number of hydrogen-bond acceptors (Lipinski definition) is 11. The van der Waals surface area contributed by atoms with Crippen molar-refractivity contribution < 1.29 is 48.4 Å². The number of aliphatic imine (C=N–C) groups is 1. The SMILES string of the molecule is COC(=O)C1=C(CN2CCOC[C@H]2C(=O)O)NC(c2nccs2)=N[C@H]1c1ccc(F)cc1Cl.O=C(O)/C=C\C(=O)O. The third-order valence-electron chi connectivity index (χ3n) is 5.68. The lowest BCUT2D eigenvalue weighted by atomic mass is 9.95. The van der Waals surface area contributed by atoms with Crippen molar-refractivity contribution in [2.24, 2.45) is 4.99 Å². The van der Waals surface area contributed by atoms with Crippen molar-refractivity contribution in [3.05, 3.63) is 74.6 Å². The van der Waals surface area contributed by atoms with Crippen molar-refractivity contribution in [2.45, 2.75) is 12.1 Å². The van der Waals surface area contributed by atoms with E-state index in [0.29, 0.717) is 47.4 Å². The molecule has 4 rings (SSSR count). The average molecular weight is 611 g/mol. The van der Waals surface area contributed by atoms with Gasteiger partial charge in [0.25, 0.3) is 0 Å². The molecule has 13 nitrogen and oxygen atoms in total. The first-order valence-corrected chi connectivity index (χ1v) is 13.0. The number of halogens is 2. The predicted octanol–water partition coefficient (Wildman–Crippen LogP) is 1.95. The molecule has 2 aliphatic heterocycles. The van der Waals surface area contributed by atoms with Gasteiger partial charge in [-0.1, -0.05) is 17.7 Å². The second-order valence-electron chi connectivity index (χ2n) is 8.30. The van der Waals surface area contributed by atoms with Crippen LogP contribution in [0.4, 0.5) is 4.39 Å². The number of carboxylic acids is 3. The monoisotopic (exact) mass is 610 g/mol. The van der Waals surface area contributed by atoms with Crippen molar-refractivity contribution >= 4 is 52.7 Å². The lowest BCUT2D eigenvalue weighted by Crippen LogP contribution is -2.52. The minimum atomic E-state index is -1.26. The van der Waals surface area contributed by atoms with Gasteiger partial charge in [-0.25, -0.2) is 23.8 Å². The number of thiazole rings is 1. The highest BCUT2D eigenvalue weighted by molar-refractivity contribution is 7.11. The quantitative estimate of drug-likeness (QED) is 0.252. The minimum absolute atomic E-state index is 0.0246. The number of nitrogens with one attached hydrogen (secondary N) is 1. The lowest BCUT2D eigenvalue weighted by molar-refractivity contribution is -0.149. The number of hydrogen-bond donors (Lipinski definition) is 4. The van der Waals surface area contributed by atoms with Crippen LogP contribution in [0.15, 0.2) is 58.2 Å². The Labute approximate surface area is 241 Å². The highest BCUT2D eigenvalue weighted by Gasteiger charge is 2.37. The Morgan fingerprint density at radius 1 is 1.24 bits per heavy atom. The van der Waals surface area contributed by atoms with Gasteiger partial charge in [-0.15, -0.1) is 11.3 Å². The van der Waals surface area contributed by atoms with Crippen molar-refractivity contribution in [3.63, 3.8) is 0 Å². The van der Waals surface area contributed by atoms with Crippen molar-refractivity contribution in [2.75, 3.05) is 33.4 Å². The lowest BCUT2D eigenvalue weighted by Gasteiger charge is -2.35. The highest BCUT2D eigenvalue weighted by atomic mass is 35.5. The Kier molecular flexibility index (Phi) is 11.0. The zero-order valence-corrected chi connectivity index (χ0v) is 22.9. The third-order valence-corrected chi connectivity index (χ3v) is 6.78. The minimum Gasteiger partial charge on any atom is -0.480 e. The van der Waals surface area contributed by atoms with Crippen LogP contribution in [-0.4, -0.2) is 94.4 Å². The van der Waals surface area contributed by atoms with Gasteiger partial charge in [-0.3, -0.25) is 14.7 Å². The summed E-state index contributed by atoms with van der Waals surface area (Å²) in [6.45, 7) is 0.814. The number of esters is 1. The summed E-state index contributed by atoms with van der Waals surface area (Å²) in [7, 11) is 1.24. The first-order chi connectivity index (χ1) is 19.5. The number of morpholine rings is 1. The number of nitrogens with zero attached hydrogens (tertiary/aromatic N) is 3. The molecule has 0 amide bonds. The molecule has 1 fully saturated rings. The molecular formula is C25H24ClFN4O9S. The van der Waals surface area contributed by atoms with Gasteiger partial charge < -0.3 is 30.1 Å². The zero-order valence-electron chi connectivity index (χ0n) is 21.3. The number of carbonyl (C=O) groups excluding carboxylic acids is 1. The molecule has 16 heteroatoms. The fourth-order valence-corrected chi connectivity index (χ4v) is 4.73. The van der Waals surface area contributed by atoms with Gasteiger partial charge in [0.2, 0.25) is 0 Å². The Balaban J connectivity index is 0.000000507. The van der Waals surface area contributed by atoms with Crippen molar-refractivity contribution in [1.82, 2.24) is 15.2 Å². The van der Waals surface area contributed by atoms with Gasteiger partial charge in [0.15, 0.2) is 10.8 Å². The van der Waals surface area contributed by atoms with Crippen LogP contribution in [0.3, 0.4) is 0 Å². The van der Waals surface area contributed by atoms with E-state index in [2.05, 4.69) is 15.3 Å². The number of carbonyl (C=O) groups is 4. The average Bonchev–Trinajstić information content (AvgIpc) is 3.47. The first kappa shape index (κ1) is 31.3. The molecule has 218 valence electrons. The Morgan fingerprint density at radius 3 is 2.51 bits per heavy atom. The second kappa shape index (κ2) is 14.5. The van der Waals surface area contributed by atoms with Crippen LogP contribution in [0.1, 0.15) is 16.6 Å². The molecule has 0 bridgehead atoms. The van der Waals surface area contributed by atoms with E-state index >= 15 is 0 Å². The van der Waals surface area contributed by atoms with Crippen LogP contribution in [-0.2, 0) is 28.7 Å². The molecule has 2 aliphatic rings. The normalized spacial score (nSPS) is 19.0. The highest BCUT2D eigenvalue weighted by Crippen LogP contribution is 2.37. The summed E-state index contributed by atoms with van der Waals surface area (Å²) in [6.07, 6.45) is 2.73. The molecule has 4 N–H and O–H groups in total.